The maximum atomic E-state index is 12.5. The molecule has 0 spiro atoms. The molecule has 5 nitrogen and oxygen atoms in total. The zero-order valence-electron chi connectivity index (χ0n) is 17.1. The van der Waals surface area contributed by atoms with E-state index in [1.807, 2.05) is 31.2 Å². The van der Waals surface area contributed by atoms with Crippen LogP contribution in [0.2, 0.25) is 0 Å². The molecule has 29 heavy (non-hydrogen) atoms. The Morgan fingerprint density at radius 3 is 2.52 bits per heavy atom. The molecule has 1 aromatic carbocycles. The number of benzene rings is 1. The second kappa shape index (κ2) is 13.1. The van der Waals surface area contributed by atoms with E-state index < -0.39 is 12.7 Å². The van der Waals surface area contributed by atoms with E-state index in [0.717, 1.165) is 49.6 Å². The molecule has 0 atom stereocenters. The first-order valence-corrected chi connectivity index (χ1v) is 9.84. The lowest BCUT2D eigenvalue weighted by atomic mass is 9.93. The highest BCUT2D eigenvalue weighted by Gasteiger charge is 2.32. The van der Waals surface area contributed by atoms with Crippen molar-refractivity contribution < 1.29 is 17.9 Å². The van der Waals surface area contributed by atoms with E-state index >= 15 is 0 Å². The number of rotatable bonds is 8. The van der Waals surface area contributed by atoms with Gasteiger partial charge in [-0.1, -0.05) is 18.2 Å². The normalized spacial score (nSPS) is 16.2. The summed E-state index contributed by atoms with van der Waals surface area (Å²) in [5, 5.41) is 6.56. The highest BCUT2D eigenvalue weighted by atomic mass is 127. The van der Waals surface area contributed by atoms with E-state index in [1.54, 1.807) is 7.11 Å². The molecule has 9 heteroatoms. The quantitative estimate of drug-likeness (QED) is 0.304. The van der Waals surface area contributed by atoms with Gasteiger partial charge in [-0.3, -0.25) is 4.90 Å². The molecular formula is C20H32F3IN4O. The zero-order valence-corrected chi connectivity index (χ0v) is 19.4. The fourth-order valence-electron chi connectivity index (χ4n) is 3.42. The Morgan fingerprint density at radius 1 is 1.21 bits per heavy atom. The molecule has 1 fully saturated rings. The molecule has 166 valence electrons. The minimum atomic E-state index is -4.10. The van der Waals surface area contributed by atoms with Crippen molar-refractivity contribution in [1.82, 2.24) is 15.5 Å². The van der Waals surface area contributed by atoms with Crippen LogP contribution in [0.1, 0.15) is 31.7 Å². The number of hydrogen-bond donors (Lipinski definition) is 2. The summed E-state index contributed by atoms with van der Waals surface area (Å²) in [4.78, 5) is 6.11. The van der Waals surface area contributed by atoms with Crippen LogP contribution < -0.4 is 15.4 Å². The molecule has 1 aromatic rings. The average Bonchev–Trinajstić information content (AvgIpc) is 2.66. The fraction of sp³-hybridized carbons (Fsp3) is 0.650. The Morgan fingerprint density at radius 2 is 1.90 bits per heavy atom. The van der Waals surface area contributed by atoms with E-state index in [9.17, 15) is 13.2 Å². The molecule has 0 amide bonds. The summed E-state index contributed by atoms with van der Waals surface area (Å²) in [6, 6.07) is 7.78. The van der Waals surface area contributed by atoms with Crippen LogP contribution in [0.5, 0.6) is 5.75 Å². The van der Waals surface area contributed by atoms with Gasteiger partial charge in [0.05, 0.1) is 20.2 Å². The first kappa shape index (κ1) is 25.8. The van der Waals surface area contributed by atoms with Crippen LogP contribution in [-0.4, -0.2) is 56.9 Å². The lowest BCUT2D eigenvalue weighted by Gasteiger charge is -2.32. The van der Waals surface area contributed by atoms with Gasteiger partial charge < -0.3 is 15.4 Å². The zero-order chi connectivity index (χ0) is 20.4. The number of likely N-dealkylation sites (tertiary alicyclic amines) is 1. The minimum Gasteiger partial charge on any atom is -0.496 e. The Kier molecular flexibility index (Phi) is 11.7. The van der Waals surface area contributed by atoms with E-state index in [4.69, 9.17) is 4.74 Å². The van der Waals surface area contributed by atoms with Gasteiger partial charge >= 0.3 is 6.18 Å². The number of guanidine groups is 1. The van der Waals surface area contributed by atoms with E-state index in [0.29, 0.717) is 25.6 Å². The molecular weight excluding hydrogens is 496 g/mol. The number of aliphatic imine (C=N–C) groups is 1. The Hall–Kier alpha value is -1.23. The molecule has 2 N–H and O–H groups in total. The van der Waals surface area contributed by atoms with Crippen molar-refractivity contribution in [3.63, 3.8) is 0 Å². The van der Waals surface area contributed by atoms with E-state index in [-0.39, 0.29) is 24.0 Å². The fourth-order valence-corrected chi connectivity index (χ4v) is 3.42. The standard InChI is InChI=1S/C20H31F3N4O.HI/c1-3-24-19(26-14-17-6-4-5-7-18(17)28-2)25-11-8-16-9-12-27(13-10-16)15-20(21,22)23;/h4-7,16H,3,8-15H2,1-2H3,(H2,24,25,26);1H. The molecule has 0 radical (unpaired) electrons. The van der Waals surface area contributed by atoms with Crippen LogP contribution in [0, 0.1) is 5.92 Å². The molecule has 1 heterocycles. The number of alkyl halides is 3. The number of ether oxygens (including phenoxy) is 1. The van der Waals surface area contributed by atoms with Crippen LogP contribution >= 0.6 is 24.0 Å². The molecule has 0 aromatic heterocycles. The van der Waals surface area contributed by atoms with Crippen LogP contribution in [0.25, 0.3) is 0 Å². The molecule has 1 saturated heterocycles. The summed E-state index contributed by atoms with van der Waals surface area (Å²) in [6.45, 7) is 4.28. The van der Waals surface area contributed by atoms with Crippen LogP contribution in [0.3, 0.4) is 0 Å². The van der Waals surface area contributed by atoms with Gasteiger partial charge in [-0.2, -0.15) is 13.2 Å². The van der Waals surface area contributed by atoms with Crippen molar-refractivity contribution in [3.05, 3.63) is 29.8 Å². The number of nitrogens with one attached hydrogen (secondary N) is 2. The molecule has 0 bridgehead atoms. The molecule has 0 saturated carbocycles. The van der Waals surface area contributed by atoms with Crippen molar-refractivity contribution in [3.8, 4) is 5.75 Å². The number of nitrogens with zero attached hydrogens (tertiary/aromatic N) is 2. The summed E-state index contributed by atoms with van der Waals surface area (Å²) >= 11 is 0. The number of methoxy groups -OCH3 is 1. The maximum absolute atomic E-state index is 12.5. The summed E-state index contributed by atoms with van der Waals surface area (Å²) in [5.74, 6) is 2.00. The van der Waals surface area contributed by atoms with Gasteiger partial charge in [0.1, 0.15) is 5.75 Å². The highest BCUT2D eigenvalue weighted by Crippen LogP contribution is 2.24. The van der Waals surface area contributed by atoms with Gasteiger partial charge in [0, 0.05) is 18.7 Å². The largest absolute Gasteiger partial charge is 0.496 e. The molecule has 0 unspecified atom stereocenters. The monoisotopic (exact) mass is 528 g/mol. The summed E-state index contributed by atoms with van der Waals surface area (Å²) in [6.07, 6.45) is -1.55. The van der Waals surface area contributed by atoms with Crippen molar-refractivity contribution in [2.45, 2.75) is 38.9 Å². The van der Waals surface area contributed by atoms with Crippen molar-refractivity contribution >= 4 is 29.9 Å². The third-order valence-electron chi connectivity index (χ3n) is 4.90. The summed E-state index contributed by atoms with van der Waals surface area (Å²) in [5.41, 5.74) is 1.01. The van der Waals surface area contributed by atoms with E-state index in [2.05, 4.69) is 15.6 Å². The molecule has 0 aliphatic carbocycles. The third kappa shape index (κ3) is 9.88. The molecule has 1 aliphatic heterocycles. The average molecular weight is 528 g/mol. The topological polar surface area (TPSA) is 48.9 Å². The van der Waals surface area contributed by atoms with Crippen LogP contribution in [-0.2, 0) is 6.54 Å². The summed E-state index contributed by atoms with van der Waals surface area (Å²) < 4.78 is 42.7. The summed E-state index contributed by atoms with van der Waals surface area (Å²) in [7, 11) is 1.64. The van der Waals surface area contributed by atoms with Gasteiger partial charge in [0.15, 0.2) is 5.96 Å². The first-order valence-electron chi connectivity index (χ1n) is 9.84. The van der Waals surface area contributed by atoms with Crippen LogP contribution in [0.15, 0.2) is 29.3 Å². The Labute approximate surface area is 188 Å². The number of piperidine rings is 1. The number of hydrogen-bond acceptors (Lipinski definition) is 3. The van der Waals surface area contributed by atoms with Crippen molar-refractivity contribution in [2.24, 2.45) is 10.9 Å². The van der Waals surface area contributed by atoms with Gasteiger partial charge in [-0.05, 0) is 51.3 Å². The Balaban J connectivity index is 0.00000420. The van der Waals surface area contributed by atoms with Gasteiger partial charge in [-0.15, -0.1) is 24.0 Å². The molecule has 2 rings (SSSR count). The van der Waals surface area contributed by atoms with Crippen LogP contribution in [0.4, 0.5) is 13.2 Å². The Bertz CT molecular complexity index is 620. The van der Waals surface area contributed by atoms with Crippen molar-refractivity contribution in [1.29, 1.82) is 0 Å². The second-order valence-corrected chi connectivity index (χ2v) is 7.06. The lowest BCUT2D eigenvalue weighted by Crippen LogP contribution is -2.41. The first-order chi connectivity index (χ1) is 13.4. The maximum Gasteiger partial charge on any atom is 0.401 e. The smallest absolute Gasteiger partial charge is 0.401 e. The highest BCUT2D eigenvalue weighted by molar-refractivity contribution is 14.0. The van der Waals surface area contributed by atoms with Gasteiger partial charge in [-0.25, -0.2) is 4.99 Å². The van der Waals surface area contributed by atoms with Crippen molar-refractivity contribution in [2.75, 3.05) is 39.8 Å². The number of halogens is 4. The van der Waals surface area contributed by atoms with Gasteiger partial charge in [0.25, 0.3) is 0 Å². The van der Waals surface area contributed by atoms with E-state index in [1.165, 1.54) is 4.90 Å². The third-order valence-corrected chi connectivity index (χ3v) is 4.90. The predicted molar refractivity (Wildman–Crippen MR) is 121 cm³/mol. The SMILES string of the molecule is CCNC(=NCc1ccccc1OC)NCCC1CCN(CC(F)(F)F)CC1.I. The van der Waals surface area contributed by atoms with Gasteiger partial charge in [0.2, 0.25) is 0 Å². The minimum absolute atomic E-state index is 0. The predicted octanol–water partition coefficient (Wildman–Crippen LogP) is 4.03. The lowest BCUT2D eigenvalue weighted by molar-refractivity contribution is -0.148. The number of para-hydroxylation sites is 1. The second-order valence-electron chi connectivity index (χ2n) is 7.06. The molecule has 1 aliphatic rings.